The summed E-state index contributed by atoms with van der Waals surface area (Å²) in [5.41, 5.74) is 3.26. The van der Waals surface area contributed by atoms with Crippen LogP contribution in [0, 0.1) is 0 Å². The molecule has 0 saturated carbocycles. The van der Waals surface area contributed by atoms with E-state index in [9.17, 15) is 14.4 Å². The van der Waals surface area contributed by atoms with Crippen molar-refractivity contribution in [1.82, 2.24) is 20.0 Å². The number of amides is 4. The van der Waals surface area contributed by atoms with Crippen LogP contribution in [-0.2, 0) is 17.9 Å². The number of aromatic nitrogens is 2. The van der Waals surface area contributed by atoms with Crippen molar-refractivity contribution < 1.29 is 14.4 Å². The molecule has 0 radical (unpaired) electrons. The number of benzene rings is 2. The van der Waals surface area contributed by atoms with Crippen LogP contribution in [0.2, 0.25) is 0 Å². The van der Waals surface area contributed by atoms with E-state index in [1.165, 1.54) is 4.90 Å². The summed E-state index contributed by atoms with van der Waals surface area (Å²) in [4.78, 5) is 36.7. The fourth-order valence-electron chi connectivity index (χ4n) is 2.94. The highest BCUT2D eigenvalue weighted by Crippen LogP contribution is 2.21. The first kappa shape index (κ1) is 19.7. The van der Waals surface area contributed by atoms with Crippen molar-refractivity contribution in [3.8, 4) is 5.69 Å². The number of para-hydroxylation sites is 1. The van der Waals surface area contributed by atoms with Gasteiger partial charge in [0.05, 0.1) is 24.2 Å². The molecule has 3 aromatic rings. The second-order valence-electron chi connectivity index (χ2n) is 6.67. The molecule has 0 spiro atoms. The minimum Gasteiger partial charge on any atom is -0.334 e. The van der Waals surface area contributed by atoms with Gasteiger partial charge >= 0.3 is 6.03 Å². The van der Waals surface area contributed by atoms with Gasteiger partial charge in [0.15, 0.2) is 0 Å². The van der Waals surface area contributed by atoms with Crippen LogP contribution in [0.5, 0.6) is 0 Å². The molecule has 1 aromatic heterocycles. The molecule has 1 fully saturated rings. The number of nitrogens with one attached hydrogen (secondary N) is 2. The van der Waals surface area contributed by atoms with Gasteiger partial charge in [0.25, 0.3) is 5.24 Å². The molecule has 1 saturated heterocycles. The molecule has 0 aliphatic carbocycles. The number of imide groups is 1. The van der Waals surface area contributed by atoms with E-state index >= 15 is 0 Å². The van der Waals surface area contributed by atoms with Gasteiger partial charge in [-0.2, -0.15) is 5.10 Å². The molecule has 1 aliphatic heterocycles. The lowest BCUT2D eigenvalue weighted by molar-refractivity contribution is -0.125. The van der Waals surface area contributed by atoms with Crippen LogP contribution in [0.4, 0.5) is 15.3 Å². The maximum Gasteiger partial charge on any atom is 0.319 e. The molecule has 4 rings (SSSR count). The first-order chi connectivity index (χ1) is 14.6. The molecule has 0 atom stereocenters. The molecular formula is C21H19N5O3S. The average molecular weight is 421 g/mol. The van der Waals surface area contributed by atoms with Crippen LogP contribution >= 0.6 is 11.8 Å². The molecule has 1 aliphatic rings. The fourth-order valence-corrected chi connectivity index (χ4v) is 3.67. The summed E-state index contributed by atoms with van der Waals surface area (Å²) in [5, 5.41) is 9.63. The highest BCUT2D eigenvalue weighted by Gasteiger charge is 2.29. The minimum absolute atomic E-state index is 0.179. The highest BCUT2D eigenvalue weighted by atomic mass is 32.2. The van der Waals surface area contributed by atoms with Gasteiger partial charge in [0, 0.05) is 24.0 Å². The maximum absolute atomic E-state index is 12.2. The summed E-state index contributed by atoms with van der Waals surface area (Å²) in [5.74, 6) is 0.0188. The number of urea groups is 1. The molecule has 2 aromatic carbocycles. The molecule has 152 valence electrons. The summed E-state index contributed by atoms with van der Waals surface area (Å²) >= 11 is 1.01. The number of nitrogens with zero attached hydrogens (tertiary/aromatic N) is 3. The lowest BCUT2D eigenvalue weighted by Crippen LogP contribution is -2.28. The van der Waals surface area contributed by atoms with Crippen molar-refractivity contribution in [3.63, 3.8) is 0 Å². The van der Waals surface area contributed by atoms with Gasteiger partial charge < -0.3 is 10.6 Å². The third kappa shape index (κ3) is 4.69. The molecular weight excluding hydrogens is 402 g/mol. The number of carbonyl (C=O) groups is 3. The van der Waals surface area contributed by atoms with Gasteiger partial charge in [0.2, 0.25) is 5.91 Å². The van der Waals surface area contributed by atoms with Gasteiger partial charge in [-0.25, -0.2) is 9.48 Å². The Balaban J connectivity index is 1.28. The number of carbonyl (C=O) groups excluding carboxylic acids is 3. The number of thioether (sulfide) groups is 1. The smallest absolute Gasteiger partial charge is 0.319 e. The van der Waals surface area contributed by atoms with E-state index < -0.39 is 0 Å². The average Bonchev–Trinajstić information content (AvgIpc) is 3.36. The predicted molar refractivity (Wildman–Crippen MR) is 114 cm³/mol. The predicted octanol–water partition coefficient (Wildman–Crippen LogP) is 3.39. The number of hydrogen-bond donors (Lipinski definition) is 2. The second-order valence-corrected chi connectivity index (χ2v) is 7.59. The molecule has 2 N–H and O–H groups in total. The van der Waals surface area contributed by atoms with E-state index in [1.54, 1.807) is 35.1 Å². The van der Waals surface area contributed by atoms with Crippen LogP contribution in [0.15, 0.2) is 67.0 Å². The van der Waals surface area contributed by atoms with Crippen molar-refractivity contribution in [2.45, 2.75) is 13.1 Å². The molecule has 9 heteroatoms. The molecule has 2 heterocycles. The molecule has 8 nitrogen and oxygen atoms in total. The lowest BCUT2D eigenvalue weighted by atomic mass is 10.2. The molecule has 30 heavy (non-hydrogen) atoms. The van der Waals surface area contributed by atoms with Crippen LogP contribution in [0.25, 0.3) is 5.69 Å². The summed E-state index contributed by atoms with van der Waals surface area (Å²) in [6.07, 6.45) is 3.57. The highest BCUT2D eigenvalue weighted by molar-refractivity contribution is 8.14. The van der Waals surface area contributed by atoms with Gasteiger partial charge in [-0.15, -0.1) is 0 Å². The van der Waals surface area contributed by atoms with E-state index in [0.717, 1.165) is 28.6 Å². The first-order valence-electron chi connectivity index (χ1n) is 9.28. The van der Waals surface area contributed by atoms with Crippen LogP contribution in [-0.4, -0.2) is 37.6 Å². The van der Waals surface area contributed by atoms with E-state index in [-0.39, 0.29) is 29.5 Å². The largest absolute Gasteiger partial charge is 0.334 e. The van der Waals surface area contributed by atoms with Crippen LogP contribution in [0.1, 0.15) is 11.1 Å². The Labute approximate surface area is 177 Å². The minimum atomic E-state index is -0.337. The Bertz CT molecular complexity index is 1050. The first-order valence-corrected chi connectivity index (χ1v) is 10.3. The van der Waals surface area contributed by atoms with Crippen molar-refractivity contribution in [2.75, 3.05) is 11.1 Å². The zero-order valence-electron chi connectivity index (χ0n) is 15.9. The molecule has 0 unspecified atom stereocenters. The van der Waals surface area contributed by atoms with Gasteiger partial charge in [0.1, 0.15) is 0 Å². The Morgan fingerprint density at radius 2 is 1.80 bits per heavy atom. The van der Waals surface area contributed by atoms with Crippen molar-refractivity contribution in [3.05, 3.63) is 78.1 Å². The van der Waals surface area contributed by atoms with E-state index in [4.69, 9.17) is 0 Å². The number of hydrogen-bond acceptors (Lipinski definition) is 5. The topological polar surface area (TPSA) is 96.3 Å². The van der Waals surface area contributed by atoms with E-state index in [1.807, 2.05) is 36.5 Å². The standard InChI is InChI=1S/C21H19N5O3S/c27-19-14-30-21(29)25(19)12-15-6-8-17(9-7-15)24-20(28)22-10-16-11-23-26(13-16)18-4-2-1-3-5-18/h1-9,11,13H,10,12,14H2,(H2,22,24,28). The Hall–Kier alpha value is -3.59. The van der Waals surface area contributed by atoms with Crippen LogP contribution < -0.4 is 10.6 Å². The Morgan fingerprint density at radius 3 is 2.50 bits per heavy atom. The zero-order valence-corrected chi connectivity index (χ0v) is 16.8. The molecule has 0 bridgehead atoms. The number of anilines is 1. The monoisotopic (exact) mass is 421 g/mol. The lowest BCUT2D eigenvalue weighted by Gasteiger charge is -2.13. The Kier molecular flexibility index (Phi) is 5.80. The van der Waals surface area contributed by atoms with E-state index in [2.05, 4.69) is 15.7 Å². The SMILES string of the molecule is O=C(NCc1cnn(-c2ccccc2)c1)Nc1ccc(CN2C(=O)CSC2=O)cc1. The summed E-state index contributed by atoms with van der Waals surface area (Å²) in [6, 6.07) is 16.4. The quantitative estimate of drug-likeness (QED) is 0.636. The van der Waals surface area contributed by atoms with E-state index in [0.29, 0.717) is 12.2 Å². The summed E-state index contributed by atoms with van der Waals surface area (Å²) in [6.45, 7) is 0.580. The third-order valence-corrected chi connectivity index (χ3v) is 5.36. The van der Waals surface area contributed by atoms with Crippen molar-refractivity contribution >= 4 is 34.6 Å². The second kappa shape index (κ2) is 8.83. The normalized spacial score (nSPS) is 13.5. The van der Waals surface area contributed by atoms with Crippen molar-refractivity contribution in [2.24, 2.45) is 0 Å². The van der Waals surface area contributed by atoms with Gasteiger partial charge in [-0.05, 0) is 29.8 Å². The molecule has 4 amide bonds. The van der Waals surface area contributed by atoms with Gasteiger partial charge in [-0.1, -0.05) is 42.1 Å². The fraction of sp³-hybridized carbons (Fsp3) is 0.143. The van der Waals surface area contributed by atoms with Crippen molar-refractivity contribution in [1.29, 1.82) is 0 Å². The Morgan fingerprint density at radius 1 is 1.03 bits per heavy atom. The maximum atomic E-state index is 12.2. The third-order valence-electron chi connectivity index (χ3n) is 4.50. The zero-order chi connectivity index (χ0) is 20.9. The van der Waals surface area contributed by atoms with Gasteiger partial charge in [-0.3, -0.25) is 14.5 Å². The summed E-state index contributed by atoms with van der Waals surface area (Å²) < 4.78 is 1.75. The van der Waals surface area contributed by atoms with Crippen LogP contribution in [0.3, 0.4) is 0 Å². The summed E-state index contributed by atoms with van der Waals surface area (Å²) in [7, 11) is 0. The number of rotatable bonds is 6.